The van der Waals surface area contributed by atoms with Gasteiger partial charge in [0.1, 0.15) is 0 Å². The van der Waals surface area contributed by atoms with Crippen LogP contribution in [-0.4, -0.2) is 18.5 Å². The van der Waals surface area contributed by atoms with E-state index in [1.165, 1.54) is 0 Å². The van der Waals surface area contributed by atoms with Crippen LogP contribution in [0.25, 0.3) is 0 Å². The fourth-order valence-corrected chi connectivity index (χ4v) is 4.05. The van der Waals surface area contributed by atoms with Crippen molar-refractivity contribution < 1.29 is 14.3 Å². The van der Waals surface area contributed by atoms with Crippen LogP contribution in [-0.2, 0) is 19.7 Å². The molecule has 2 aromatic carbocycles. The quantitative estimate of drug-likeness (QED) is 0.656. The van der Waals surface area contributed by atoms with E-state index in [2.05, 4.69) is 19.2 Å². The second-order valence-electron chi connectivity index (χ2n) is 7.66. The number of para-hydroxylation sites is 1. The third kappa shape index (κ3) is 4.39. The molecule has 4 nitrogen and oxygen atoms in total. The minimum absolute atomic E-state index is 0.283. The van der Waals surface area contributed by atoms with E-state index in [4.69, 9.17) is 16.3 Å². The van der Waals surface area contributed by atoms with E-state index in [1.54, 1.807) is 12.1 Å². The number of benzene rings is 2. The average Bonchev–Trinajstić information content (AvgIpc) is 3.18. The molecule has 5 heteroatoms. The standard InChI is InChI=1S/C23H26ClNO3/c1-16(2)19-7-3-4-8-20(19)25-21(26)15-28-22(27)23(13-5-6-14-23)17-9-11-18(24)12-10-17/h3-4,7-12,16H,5-6,13-15H2,1-2H3,(H,25,26). The zero-order valence-corrected chi connectivity index (χ0v) is 17.1. The van der Waals surface area contributed by atoms with Gasteiger partial charge in [0, 0.05) is 10.7 Å². The Hall–Kier alpha value is -2.33. The maximum atomic E-state index is 12.9. The topological polar surface area (TPSA) is 55.4 Å². The molecule has 1 aliphatic rings. The van der Waals surface area contributed by atoms with Crippen LogP contribution in [0.2, 0.25) is 5.02 Å². The maximum absolute atomic E-state index is 12.9. The van der Waals surface area contributed by atoms with Gasteiger partial charge in [-0.25, -0.2) is 0 Å². The van der Waals surface area contributed by atoms with Crippen molar-refractivity contribution in [3.05, 3.63) is 64.7 Å². The van der Waals surface area contributed by atoms with Crippen LogP contribution >= 0.6 is 11.6 Å². The van der Waals surface area contributed by atoms with Crippen molar-refractivity contribution in [3.8, 4) is 0 Å². The van der Waals surface area contributed by atoms with Gasteiger partial charge in [-0.15, -0.1) is 0 Å². The molecule has 0 unspecified atom stereocenters. The molecule has 148 valence electrons. The fraction of sp³-hybridized carbons (Fsp3) is 0.391. The predicted molar refractivity (Wildman–Crippen MR) is 112 cm³/mol. The first kappa shape index (κ1) is 20.4. The van der Waals surface area contributed by atoms with Crippen molar-refractivity contribution in [1.82, 2.24) is 0 Å². The Morgan fingerprint density at radius 2 is 1.71 bits per heavy atom. The predicted octanol–water partition coefficient (Wildman–Crippen LogP) is 5.46. The van der Waals surface area contributed by atoms with Crippen LogP contribution in [0.15, 0.2) is 48.5 Å². The van der Waals surface area contributed by atoms with Crippen LogP contribution in [0, 0.1) is 0 Å². The molecule has 0 bridgehead atoms. The minimum atomic E-state index is -0.680. The highest BCUT2D eigenvalue weighted by atomic mass is 35.5. The summed E-state index contributed by atoms with van der Waals surface area (Å²) in [6, 6.07) is 15.0. The van der Waals surface area contributed by atoms with Crippen LogP contribution < -0.4 is 5.32 Å². The largest absolute Gasteiger partial charge is 0.455 e. The van der Waals surface area contributed by atoms with E-state index in [0.29, 0.717) is 5.02 Å². The molecule has 0 aliphatic heterocycles. The summed E-state index contributed by atoms with van der Waals surface area (Å²) in [5, 5.41) is 3.50. The van der Waals surface area contributed by atoms with Crippen molar-refractivity contribution in [2.45, 2.75) is 50.9 Å². The van der Waals surface area contributed by atoms with Crippen LogP contribution in [0.4, 0.5) is 5.69 Å². The number of nitrogens with one attached hydrogen (secondary N) is 1. The number of halogens is 1. The Morgan fingerprint density at radius 3 is 2.36 bits per heavy atom. The first-order valence-corrected chi connectivity index (χ1v) is 10.1. The number of carbonyl (C=O) groups excluding carboxylic acids is 2. The maximum Gasteiger partial charge on any atom is 0.317 e. The smallest absolute Gasteiger partial charge is 0.317 e. The lowest BCUT2D eigenvalue weighted by Gasteiger charge is -2.27. The molecule has 0 aromatic heterocycles. The second kappa shape index (κ2) is 8.78. The Bertz CT molecular complexity index is 839. The van der Waals surface area contributed by atoms with E-state index >= 15 is 0 Å². The summed E-state index contributed by atoms with van der Waals surface area (Å²) in [5.41, 5.74) is 2.04. The molecule has 0 radical (unpaired) electrons. The third-order valence-corrected chi connectivity index (χ3v) is 5.69. The molecule has 1 N–H and O–H groups in total. The first-order chi connectivity index (χ1) is 13.4. The Labute approximate surface area is 171 Å². The summed E-state index contributed by atoms with van der Waals surface area (Å²) in [6.45, 7) is 3.85. The summed E-state index contributed by atoms with van der Waals surface area (Å²) in [7, 11) is 0. The van der Waals surface area contributed by atoms with Gasteiger partial charge in [0.05, 0.1) is 5.41 Å². The zero-order valence-electron chi connectivity index (χ0n) is 16.3. The molecule has 1 aliphatic carbocycles. The Balaban J connectivity index is 1.67. The number of anilines is 1. The molecule has 2 aromatic rings. The van der Waals surface area contributed by atoms with E-state index in [0.717, 1.165) is 42.5 Å². The van der Waals surface area contributed by atoms with E-state index in [-0.39, 0.29) is 24.4 Å². The SMILES string of the molecule is CC(C)c1ccccc1NC(=O)COC(=O)C1(c2ccc(Cl)cc2)CCCC1. The van der Waals surface area contributed by atoms with E-state index in [1.807, 2.05) is 36.4 Å². The van der Waals surface area contributed by atoms with Gasteiger partial charge in [0.25, 0.3) is 5.91 Å². The number of ether oxygens (including phenoxy) is 1. The molecule has 0 spiro atoms. The molecule has 0 atom stereocenters. The van der Waals surface area contributed by atoms with Crippen molar-refractivity contribution >= 4 is 29.2 Å². The minimum Gasteiger partial charge on any atom is -0.455 e. The molecule has 1 fully saturated rings. The van der Waals surface area contributed by atoms with Gasteiger partial charge in [-0.1, -0.05) is 68.6 Å². The second-order valence-corrected chi connectivity index (χ2v) is 8.10. The van der Waals surface area contributed by atoms with Gasteiger partial charge in [-0.2, -0.15) is 0 Å². The van der Waals surface area contributed by atoms with Gasteiger partial charge >= 0.3 is 5.97 Å². The highest BCUT2D eigenvalue weighted by molar-refractivity contribution is 6.30. The number of rotatable bonds is 6. The lowest BCUT2D eigenvalue weighted by atomic mass is 9.79. The normalized spacial score (nSPS) is 15.4. The molecule has 0 saturated heterocycles. The van der Waals surface area contributed by atoms with Crippen molar-refractivity contribution in [2.75, 3.05) is 11.9 Å². The number of esters is 1. The van der Waals surface area contributed by atoms with Gasteiger partial charge in [0.15, 0.2) is 6.61 Å². The first-order valence-electron chi connectivity index (χ1n) is 9.74. The molecule has 1 amide bonds. The highest BCUT2D eigenvalue weighted by Crippen LogP contribution is 2.42. The Kier molecular flexibility index (Phi) is 6.40. The van der Waals surface area contributed by atoms with E-state index < -0.39 is 5.41 Å². The molecule has 28 heavy (non-hydrogen) atoms. The van der Waals surface area contributed by atoms with Crippen LogP contribution in [0.5, 0.6) is 0 Å². The van der Waals surface area contributed by atoms with Crippen LogP contribution in [0.3, 0.4) is 0 Å². The summed E-state index contributed by atoms with van der Waals surface area (Å²) in [4.78, 5) is 25.3. The summed E-state index contributed by atoms with van der Waals surface area (Å²) < 4.78 is 5.46. The summed E-state index contributed by atoms with van der Waals surface area (Å²) in [5.74, 6) is -0.379. The molecule has 0 heterocycles. The van der Waals surface area contributed by atoms with Crippen LogP contribution in [0.1, 0.15) is 56.6 Å². The van der Waals surface area contributed by atoms with Gasteiger partial charge < -0.3 is 10.1 Å². The van der Waals surface area contributed by atoms with Crippen molar-refractivity contribution in [2.24, 2.45) is 0 Å². The monoisotopic (exact) mass is 399 g/mol. The number of amides is 1. The third-order valence-electron chi connectivity index (χ3n) is 5.44. The van der Waals surface area contributed by atoms with E-state index in [9.17, 15) is 9.59 Å². The number of carbonyl (C=O) groups is 2. The lowest BCUT2D eigenvalue weighted by Crippen LogP contribution is -2.36. The molecular formula is C23H26ClNO3. The van der Waals surface area contributed by atoms with Gasteiger partial charge in [-0.3, -0.25) is 9.59 Å². The summed E-state index contributed by atoms with van der Waals surface area (Å²) in [6.07, 6.45) is 3.38. The van der Waals surface area contributed by atoms with Crippen molar-refractivity contribution in [1.29, 1.82) is 0 Å². The zero-order chi connectivity index (χ0) is 20.1. The molecular weight excluding hydrogens is 374 g/mol. The average molecular weight is 400 g/mol. The van der Waals surface area contributed by atoms with Gasteiger partial charge in [-0.05, 0) is 48.1 Å². The number of hydrogen-bond donors (Lipinski definition) is 1. The fourth-order valence-electron chi connectivity index (χ4n) is 3.93. The molecule has 3 rings (SSSR count). The summed E-state index contributed by atoms with van der Waals surface area (Å²) >= 11 is 5.99. The lowest BCUT2D eigenvalue weighted by molar-refractivity contribution is -0.153. The Morgan fingerprint density at radius 1 is 1.07 bits per heavy atom. The van der Waals surface area contributed by atoms with Crippen molar-refractivity contribution in [3.63, 3.8) is 0 Å². The highest BCUT2D eigenvalue weighted by Gasteiger charge is 2.44. The van der Waals surface area contributed by atoms with Gasteiger partial charge in [0.2, 0.25) is 0 Å². The number of hydrogen-bond acceptors (Lipinski definition) is 3. The molecule has 1 saturated carbocycles.